The molecule has 0 saturated heterocycles. The maximum Gasteiger partial charge on any atom is 0.333 e. The van der Waals surface area contributed by atoms with Crippen LogP contribution >= 0.6 is 22.9 Å². The lowest BCUT2D eigenvalue weighted by molar-refractivity contribution is -0.148. The number of hydrogen-bond donors (Lipinski definition) is 3. The van der Waals surface area contributed by atoms with E-state index in [-0.39, 0.29) is 34.2 Å². The van der Waals surface area contributed by atoms with E-state index in [1.165, 1.54) is 29.5 Å². The molecule has 4 rings (SSSR count). The normalized spacial score (nSPS) is 17.6. The van der Waals surface area contributed by atoms with Gasteiger partial charge >= 0.3 is 12.5 Å². The summed E-state index contributed by atoms with van der Waals surface area (Å²) in [5, 5.41) is 19.2. The van der Waals surface area contributed by atoms with Crippen molar-refractivity contribution in [3.05, 3.63) is 74.8 Å². The number of rotatable bonds is 8. The Labute approximate surface area is 212 Å². The lowest BCUT2D eigenvalue weighted by atomic mass is 9.87. The molecule has 0 fully saturated rings. The second kappa shape index (κ2) is 10.4. The molecule has 0 saturated carbocycles. The van der Waals surface area contributed by atoms with Gasteiger partial charge in [-0.15, -0.1) is 11.3 Å². The van der Waals surface area contributed by atoms with Crippen molar-refractivity contribution < 1.29 is 27.8 Å². The third kappa shape index (κ3) is 5.00. The smallest absolute Gasteiger partial charge is 0.333 e. The van der Waals surface area contributed by atoms with Crippen LogP contribution in [0.4, 0.5) is 13.2 Å². The average molecular weight is 541 g/mol. The Hall–Kier alpha value is -3.26. The highest BCUT2D eigenvalue weighted by molar-refractivity contribution is 7.11. The summed E-state index contributed by atoms with van der Waals surface area (Å²) in [7, 11) is 1.12. The van der Waals surface area contributed by atoms with Crippen molar-refractivity contribution in [2.45, 2.75) is 24.6 Å². The highest BCUT2D eigenvalue weighted by atomic mass is 35.5. The van der Waals surface area contributed by atoms with Crippen LogP contribution in [0.25, 0.3) is 5.57 Å². The number of carbonyl (C=O) groups excluding carboxylic acids is 1. The molecule has 2 atom stereocenters. The third-order valence-electron chi connectivity index (χ3n) is 5.47. The van der Waals surface area contributed by atoms with Crippen LogP contribution < -0.4 is 11.1 Å². The zero-order valence-corrected chi connectivity index (χ0v) is 20.2. The summed E-state index contributed by atoms with van der Waals surface area (Å²) in [5.41, 5.74) is 5.22. The van der Waals surface area contributed by atoms with E-state index in [0.29, 0.717) is 15.3 Å². The lowest BCUT2D eigenvalue weighted by Crippen LogP contribution is -2.53. The van der Waals surface area contributed by atoms with Gasteiger partial charge in [-0.1, -0.05) is 17.7 Å². The fraction of sp³-hybridized carbons (Fsp3) is 0.273. The number of esters is 1. The lowest BCUT2D eigenvalue weighted by Gasteiger charge is -2.32. The number of benzene rings is 1. The first kappa shape index (κ1) is 25.8. The monoisotopic (exact) mass is 540 g/mol. The van der Waals surface area contributed by atoms with Crippen LogP contribution in [0.1, 0.15) is 35.3 Å². The van der Waals surface area contributed by atoms with E-state index in [2.05, 4.69) is 15.4 Å². The number of aliphatic imine (C=N–C) groups is 1. The largest absolute Gasteiger partial charge is 0.468 e. The maximum absolute atomic E-state index is 13.9. The highest BCUT2D eigenvalue weighted by Crippen LogP contribution is 2.42. The zero-order valence-electron chi connectivity index (χ0n) is 18.7. The zero-order chi connectivity index (χ0) is 26.0. The number of aliphatic hydroxyl groups is 1. The highest BCUT2D eigenvalue weighted by Gasteiger charge is 2.40. The molecule has 0 bridgehead atoms. The minimum Gasteiger partial charge on any atom is -0.468 e. The van der Waals surface area contributed by atoms with E-state index < -0.39 is 36.5 Å². The van der Waals surface area contributed by atoms with E-state index in [9.17, 15) is 23.1 Å². The SMILES string of the molecule is COC(=O)C(N)(CO)CC1=C(c2ccn(C(F)F)n2)[C@H](c2ccc(F)cc2Cl)N=C(c2nccs2)N1. The molecule has 2 aromatic heterocycles. The molecule has 3 heterocycles. The first-order valence-electron chi connectivity index (χ1n) is 10.4. The van der Waals surface area contributed by atoms with Crippen LogP contribution in [0.3, 0.4) is 0 Å². The Morgan fingerprint density at radius 1 is 1.42 bits per heavy atom. The molecule has 36 heavy (non-hydrogen) atoms. The quantitative estimate of drug-likeness (QED) is 0.374. The Bertz CT molecular complexity index is 1330. The predicted molar refractivity (Wildman–Crippen MR) is 127 cm³/mol. The number of aromatic nitrogens is 3. The molecule has 1 aliphatic rings. The number of methoxy groups -OCH3 is 1. The van der Waals surface area contributed by atoms with Crippen LogP contribution in [0, 0.1) is 5.82 Å². The topological polar surface area (TPSA) is 128 Å². The van der Waals surface area contributed by atoms with E-state index in [0.717, 1.165) is 19.4 Å². The first-order chi connectivity index (χ1) is 17.2. The van der Waals surface area contributed by atoms with Gasteiger partial charge in [-0.25, -0.2) is 18.9 Å². The fourth-order valence-electron chi connectivity index (χ4n) is 3.73. The summed E-state index contributed by atoms with van der Waals surface area (Å²) in [4.78, 5) is 21.4. The van der Waals surface area contributed by atoms with Gasteiger partial charge in [0.1, 0.15) is 17.4 Å². The van der Waals surface area contributed by atoms with Crippen LogP contribution in [0.5, 0.6) is 0 Å². The molecule has 0 radical (unpaired) electrons. The summed E-state index contributed by atoms with van der Waals surface area (Å²) in [6.45, 7) is -3.70. The Morgan fingerprint density at radius 3 is 2.78 bits per heavy atom. The number of nitrogens with zero attached hydrogens (tertiary/aromatic N) is 4. The van der Waals surface area contributed by atoms with Crippen molar-refractivity contribution in [2.24, 2.45) is 10.7 Å². The predicted octanol–water partition coefficient (Wildman–Crippen LogP) is 3.28. The molecule has 4 N–H and O–H groups in total. The first-order valence-corrected chi connectivity index (χ1v) is 11.7. The Kier molecular flexibility index (Phi) is 7.45. The molecule has 190 valence electrons. The summed E-state index contributed by atoms with van der Waals surface area (Å²) in [6.07, 6.45) is 2.32. The van der Waals surface area contributed by atoms with Gasteiger partial charge in [0.15, 0.2) is 10.8 Å². The second-order valence-corrected chi connectivity index (χ2v) is 9.14. The van der Waals surface area contributed by atoms with Crippen molar-refractivity contribution in [3.63, 3.8) is 0 Å². The number of thiazole rings is 1. The fourth-order valence-corrected chi connectivity index (χ4v) is 4.59. The van der Waals surface area contributed by atoms with Gasteiger partial charge in [-0.05, 0) is 18.2 Å². The molecule has 14 heteroatoms. The van der Waals surface area contributed by atoms with Gasteiger partial charge in [0.05, 0.1) is 19.4 Å². The van der Waals surface area contributed by atoms with Crippen molar-refractivity contribution in [1.82, 2.24) is 20.1 Å². The number of alkyl halides is 2. The number of aliphatic hydroxyl groups excluding tert-OH is 1. The van der Waals surface area contributed by atoms with Crippen molar-refractivity contribution in [1.29, 1.82) is 0 Å². The van der Waals surface area contributed by atoms with E-state index in [1.807, 2.05) is 0 Å². The van der Waals surface area contributed by atoms with E-state index in [1.54, 1.807) is 11.6 Å². The molecular weight excluding hydrogens is 521 g/mol. The van der Waals surface area contributed by atoms with Gasteiger partial charge in [0.25, 0.3) is 0 Å². The summed E-state index contributed by atoms with van der Waals surface area (Å²) in [5.74, 6) is -1.21. The Balaban J connectivity index is 1.96. The molecule has 0 amide bonds. The molecule has 0 aliphatic carbocycles. The summed E-state index contributed by atoms with van der Waals surface area (Å²) < 4.78 is 45.8. The van der Waals surface area contributed by atoms with Crippen LogP contribution in [0.15, 0.2) is 52.7 Å². The maximum atomic E-state index is 13.9. The standard InChI is InChI=1S/C22H20ClF3N6O3S/c1-35-20(34)22(27,10-33)9-15-16(14-4-6-32(31-14)21(25)26)17(12-3-2-11(24)8-13(12)23)30-18(29-15)19-28-5-7-36-19/h2-8,17,21,33H,9-10,27H2,1H3,(H,29,30)/t17-,22?/m0/s1. The van der Waals surface area contributed by atoms with Crippen LogP contribution in [-0.4, -0.2) is 50.9 Å². The molecule has 1 unspecified atom stereocenters. The number of hydrogen-bond acceptors (Lipinski definition) is 9. The molecular formula is C22H20ClF3N6O3S. The van der Waals surface area contributed by atoms with Gasteiger partial charge in [0, 0.05) is 46.1 Å². The molecule has 3 aromatic rings. The number of ether oxygens (including phenoxy) is 1. The van der Waals surface area contributed by atoms with Gasteiger partial charge in [0.2, 0.25) is 0 Å². The van der Waals surface area contributed by atoms with Crippen molar-refractivity contribution in [3.8, 4) is 0 Å². The third-order valence-corrected chi connectivity index (χ3v) is 6.58. The Morgan fingerprint density at radius 2 is 2.19 bits per heavy atom. The average Bonchev–Trinajstić information content (AvgIpc) is 3.56. The number of halogens is 4. The molecule has 1 aromatic carbocycles. The molecule has 1 aliphatic heterocycles. The van der Waals surface area contributed by atoms with Crippen LogP contribution in [-0.2, 0) is 9.53 Å². The molecule has 9 nitrogen and oxygen atoms in total. The number of amidine groups is 1. The van der Waals surface area contributed by atoms with Crippen molar-refractivity contribution >= 4 is 40.3 Å². The summed E-state index contributed by atoms with van der Waals surface area (Å²) >= 11 is 7.64. The van der Waals surface area contributed by atoms with Crippen molar-refractivity contribution in [2.75, 3.05) is 13.7 Å². The second-order valence-electron chi connectivity index (χ2n) is 7.84. The van der Waals surface area contributed by atoms with Gasteiger partial charge in [-0.2, -0.15) is 13.9 Å². The number of nitrogens with one attached hydrogen (secondary N) is 1. The van der Waals surface area contributed by atoms with Crippen LogP contribution in [0.2, 0.25) is 5.02 Å². The summed E-state index contributed by atoms with van der Waals surface area (Å²) in [6, 6.07) is 4.07. The number of nitrogens with two attached hydrogens (primary N) is 1. The van der Waals surface area contributed by atoms with E-state index in [4.69, 9.17) is 27.1 Å². The van der Waals surface area contributed by atoms with E-state index >= 15 is 0 Å². The van der Waals surface area contributed by atoms with Gasteiger partial charge < -0.3 is 20.9 Å². The molecule has 0 spiro atoms. The minimum absolute atomic E-state index is 0.0309. The number of carbonyl (C=O) groups is 1. The minimum atomic E-state index is -2.91. The van der Waals surface area contributed by atoms with Gasteiger partial charge in [-0.3, -0.25) is 4.99 Å².